The summed E-state index contributed by atoms with van der Waals surface area (Å²) in [7, 11) is 2.02. The minimum absolute atomic E-state index is 0.105. The van der Waals surface area contributed by atoms with Crippen LogP contribution in [-0.2, 0) is 13.6 Å². The highest BCUT2D eigenvalue weighted by Crippen LogP contribution is 2.32. The second-order valence-corrected chi connectivity index (χ2v) is 7.58. The van der Waals surface area contributed by atoms with Crippen LogP contribution in [0.25, 0.3) is 0 Å². The molecule has 1 heterocycles. The Hall–Kier alpha value is -1.26. The maximum absolute atomic E-state index is 4.59. The lowest BCUT2D eigenvalue weighted by atomic mass is 10.1. The summed E-state index contributed by atoms with van der Waals surface area (Å²) in [4.78, 5) is 1.26. The summed E-state index contributed by atoms with van der Waals surface area (Å²) >= 11 is 1.79. The van der Waals surface area contributed by atoms with E-state index < -0.39 is 0 Å². The van der Waals surface area contributed by atoms with Crippen LogP contribution in [0.5, 0.6) is 0 Å². The molecule has 0 saturated carbocycles. The molecule has 3 nitrogen and oxygen atoms in total. The van der Waals surface area contributed by atoms with Gasteiger partial charge < -0.3 is 5.32 Å². The summed E-state index contributed by atoms with van der Waals surface area (Å²) in [5.41, 5.74) is 3.78. The molecule has 2 aromatic rings. The summed E-state index contributed by atoms with van der Waals surface area (Å²) in [5, 5.41) is 9.37. The largest absolute Gasteiger partial charge is 0.308 e. The lowest BCUT2D eigenvalue weighted by Gasteiger charge is -2.20. The molecule has 0 aliphatic heterocycles. The van der Waals surface area contributed by atoms with Gasteiger partial charge in [0.2, 0.25) is 0 Å². The minimum atomic E-state index is 0.105. The molecule has 1 aromatic carbocycles. The molecular formula is C17H25N3S. The lowest BCUT2D eigenvalue weighted by Crippen LogP contribution is -2.35. The van der Waals surface area contributed by atoms with E-state index in [2.05, 4.69) is 69.3 Å². The van der Waals surface area contributed by atoms with Crippen molar-refractivity contribution in [3.8, 4) is 0 Å². The molecule has 2 rings (SSSR count). The summed E-state index contributed by atoms with van der Waals surface area (Å²) in [6.07, 6.45) is 0. The first-order valence-electron chi connectivity index (χ1n) is 7.28. The fourth-order valence-electron chi connectivity index (χ4n) is 2.16. The predicted molar refractivity (Wildman–Crippen MR) is 89.8 cm³/mol. The van der Waals surface area contributed by atoms with Crippen molar-refractivity contribution in [3.63, 3.8) is 0 Å². The minimum Gasteiger partial charge on any atom is -0.308 e. The molecule has 0 amide bonds. The van der Waals surface area contributed by atoms with Crippen molar-refractivity contribution in [1.29, 1.82) is 0 Å². The third kappa shape index (κ3) is 4.35. The Labute approximate surface area is 132 Å². The number of aryl methyl sites for hydroxylation is 3. The zero-order chi connectivity index (χ0) is 15.6. The molecule has 0 fully saturated rings. The number of nitrogens with one attached hydrogen (secondary N) is 1. The highest BCUT2D eigenvalue weighted by atomic mass is 32.2. The van der Waals surface area contributed by atoms with Crippen molar-refractivity contribution in [2.75, 3.05) is 0 Å². The smallest absolute Gasteiger partial charge is 0.103 e. The standard InChI is InChI=1S/C17H25N3S/c1-12-8-7-9-14(10-12)21-16-15(11-18-17(3,4)5)13(2)19-20(16)6/h7-10,18H,11H2,1-6H3. The average molecular weight is 303 g/mol. The Morgan fingerprint density at radius 2 is 1.95 bits per heavy atom. The van der Waals surface area contributed by atoms with Crippen LogP contribution in [0.1, 0.15) is 37.6 Å². The Morgan fingerprint density at radius 1 is 1.24 bits per heavy atom. The second-order valence-electron chi connectivity index (χ2n) is 6.51. The van der Waals surface area contributed by atoms with Gasteiger partial charge in [-0.15, -0.1) is 0 Å². The molecule has 0 bridgehead atoms. The van der Waals surface area contributed by atoms with Gasteiger partial charge in [-0.2, -0.15) is 5.10 Å². The van der Waals surface area contributed by atoms with Gasteiger partial charge in [-0.3, -0.25) is 4.68 Å². The van der Waals surface area contributed by atoms with Crippen molar-refractivity contribution in [2.45, 2.75) is 56.6 Å². The van der Waals surface area contributed by atoms with E-state index in [9.17, 15) is 0 Å². The van der Waals surface area contributed by atoms with Crippen molar-refractivity contribution < 1.29 is 0 Å². The Bertz CT molecular complexity index is 623. The number of aromatic nitrogens is 2. The van der Waals surface area contributed by atoms with E-state index in [-0.39, 0.29) is 5.54 Å². The van der Waals surface area contributed by atoms with Crippen molar-refractivity contribution in [1.82, 2.24) is 15.1 Å². The molecule has 0 aliphatic carbocycles. The molecular weight excluding hydrogens is 278 g/mol. The van der Waals surface area contributed by atoms with E-state index in [4.69, 9.17) is 0 Å². The van der Waals surface area contributed by atoms with Crippen molar-refractivity contribution in [3.05, 3.63) is 41.1 Å². The molecule has 21 heavy (non-hydrogen) atoms. The third-order valence-electron chi connectivity index (χ3n) is 3.29. The van der Waals surface area contributed by atoms with Gasteiger partial charge in [-0.25, -0.2) is 0 Å². The van der Waals surface area contributed by atoms with Gasteiger partial charge in [0.1, 0.15) is 5.03 Å². The molecule has 0 saturated heterocycles. The van der Waals surface area contributed by atoms with E-state index in [1.54, 1.807) is 11.8 Å². The van der Waals surface area contributed by atoms with E-state index in [1.807, 2.05) is 11.7 Å². The first-order valence-corrected chi connectivity index (χ1v) is 8.10. The summed E-state index contributed by atoms with van der Waals surface area (Å²) < 4.78 is 1.99. The summed E-state index contributed by atoms with van der Waals surface area (Å²) in [5.74, 6) is 0. The predicted octanol–water partition coefficient (Wildman–Crippen LogP) is 4.08. The molecule has 4 heteroatoms. The maximum Gasteiger partial charge on any atom is 0.103 e. The summed E-state index contributed by atoms with van der Waals surface area (Å²) in [6.45, 7) is 11.6. The normalized spacial score (nSPS) is 11.9. The number of rotatable bonds is 4. The zero-order valence-corrected chi connectivity index (χ0v) is 14.6. The van der Waals surface area contributed by atoms with Gasteiger partial charge in [0, 0.05) is 29.6 Å². The van der Waals surface area contributed by atoms with Crippen LogP contribution in [0, 0.1) is 13.8 Å². The molecule has 1 aromatic heterocycles. The van der Waals surface area contributed by atoms with Crippen LogP contribution >= 0.6 is 11.8 Å². The number of hydrogen-bond acceptors (Lipinski definition) is 3. The fraction of sp³-hybridized carbons (Fsp3) is 0.471. The third-order valence-corrected chi connectivity index (χ3v) is 4.48. The van der Waals surface area contributed by atoms with Crippen molar-refractivity contribution >= 4 is 11.8 Å². The molecule has 0 radical (unpaired) electrons. The molecule has 0 atom stereocenters. The van der Waals surface area contributed by atoms with Crippen LogP contribution in [0.3, 0.4) is 0 Å². The van der Waals surface area contributed by atoms with E-state index >= 15 is 0 Å². The van der Waals surface area contributed by atoms with Gasteiger partial charge >= 0.3 is 0 Å². The highest BCUT2D eigenvalue weighted by molar-refractivity contribution is 7.99. The van der Waals surface area contributed by atoms with Crippen LogP contribution in [0.15, 0.2) is 34.2 Å². The fourth-order valence-corrected chi connectivity index (χ4v) is 3.29. The SMILES string of the molecule is Cc1cccc(Sc2c(CNC(C)(C)C)c(C)nn2C)c1. The Morgan fingerprint density at radius 3 is 2.57 bits per heavy atom. The van der Waals surface area contributed by atoms with E-state index in [0.717, 1.165) is 12.2 Å². The van der Waals surface area contributed by atoms with Gasteiger partial charge in [-0.1, -0.05) is 29.5 Å². The van der Waals surface area contributed by atoms with Crippen LogP contribution in [-0.4, -0.2) is 15.3 Å². The van der Waals surface area contributed by atoms with Gasteiger partial charge in [-0.05, 0) is 46.8 Å². The first kappa shape index (κ1) is 16.1. The molecule has 114 valence electrons. The second kappa shape index (κ2) is 6.24. The summed E-state index contributed by atoms with van der Waals surface area (Å²) in [6, 6.07) is 8.60. The van der Waals surface area contributed by atoms with E-state index in [0.29, 0.717) is 0 Å². The zero-order valence-electron chi connectivity index (χ0n) is 13.8. The molecule has 0 spiro atoms. The number of benzene rings is 1. The Balaban J connectivity index is 2.26. The van der Waals surface area contributed by atoms with Gasteiger partial charge in [0.25, 0.3) is 0 Å². The van der Waals surface area contributed by atoms with Gasteiger partial charge in [0.15, 0.2) is 0 Å². The highest BCUT2D eigenvalue weighted by Gasteiger charge is 2.17. The van der Waals surface area contributed by atoms with Crippen LogP contribution in [0.4, 0.5) is 0 Å². The monoisotopic (exact) mass is 303 g/mol. The van der Waals surface area contributed by atoms with Crippen LogP contribution < -0.4 is 5.32 Å². The van der Waals surface area contributed by atoms with E-state index in [1.165, 1.54) is 21.0 Å². The lowest BCUT2D eigenvalue weighted by molar-refractivity contribution is 0.421. The first-order chi connectivity index (χ1) is 9.76. The Kier molecular flexibility index (Phi) is 4.79. The van der Waals surface area contributed by atoms with Crippen LogP contribution in [0.2, 0.25) is 0 Å². The topological polar surface area (TPSA) is 29.9 Å². The quantitative estimate of drug-likeness (QED) is 0.923. The number of nitrogens with zero attached hydrogens (tertiary/aromatic N) is 2. The van der Waals surface area contributed by atoms with Crippen molar-refractivity contribution in [2.24, 2.45) is 7.05 Å². The molecule has 0 unspecified atom stereocenters. The van der Waals surface area contributed by atoms with Gasteiger partial charge in [0.05, 0.1) is 5.69 Å². The molecule has 1 N–H and O–H groups in total. The maximum atomic E-state index is 4.59. The number of hydrogen-bond donors (Lipinski definition) is 1. The molecule has 0 aliphatic rings. The average Bonchev–Trinajstić information content (AvgIpc) is 2.61.